The molecular weight excluding hydrogens is 314 g/mol. The first-order valence-corrected chi connectivity index (χ1v) is 9.63. The topological polar surface area (TPSA) is 30.9 Å². The molecule has 138 valence electrons. The van der Waals surface area contributed by atoms with Gasteiger partial charge in [0.1, 0.15) is 0 Å². The highest BCUT2D eigenvalue weighted by atomic mass is 16.5. The zero-order chi connectivity index (χ0) is 17.5. The van der Waals surface area contributed by atoms with Crippen LogP contribution in [0.1, 0.15) is 44.1 Å². The maximum atomic E-state index is 5.66. The standard InChI is InChI=1S/C21H31NO3/c1-22-11-8-21(16-4-5-17(23-2)18(14-16)24-3)7-6-20(15-19(21)22)9-12-25-13-10-20/h4-5,14,19H,6-13,15H2,1-3H3. The van der Waals surface area contributed by atoms with Crippen LogP contribution in [0, 0.1) is 5.41 Å². The summed E-state index contributed by atoms with van der Waals surface area (Å²) in [5.74, 6) is 1.68. The Labute approximate surface area is 151 Å². The maximum absolute atomic E-state index is 5.66. The van der Waals surface area contributed by atoms with Gasteiger partial charge in [-0.3, -0.25) is 0 Å². The minimum atomic E-state index is 0.262. The summed E-state index contributed by atoms with van der Waals surface area (Å²) in [6.07, 6.45) is 7.63. The molecule has 4 rings (SSSR count). The van der Waals surface area contributed by atoms with Crippen LogP contribution in [0.5, 0.6) is 11.5 Å². The highest BCUT2D eigenvalue weighted by Gasteiger charge is 2.54. The van der Waals surface area contributed by atoms with E-state index >= 15 is 0 Å². The van der Waals surface area contributed by atoms with Crippen LogP contribution in [0.4, 0.5) is 0 Å². The van der Waals surface area contributed by atoms with Gasteiger partial charge in [0.25, 0.3) is 0 Å². The molecule has 2 atom stereocenters. The second-order valence-electron chi connectivity index (χ2n) is 8.29. The van der Waals surface area contributed by atoms with Gasteiger partial charge in [-0.1, -0.05) is 6.07 Å². The van der Waals surface area contributed by atoms with Gasteiger partial charge in [0.15, 0.2) is 11.5 Å². The first kappa shape index (κ1) is 17.2. The lowest BCUT2D eigenvalue weighted by atomic mass is 9.56. The molecule has 4 heteroatoms. The van der Waals surface area contributed by atoms with Gasteiger partial charge in [-0.2, -0.15) is 0 Å². The van der Waals surface area contributed by atoms with E-state index in [1.807, 2.05) is 0 Å². The largest absolute Gasteiger partial charge is 0.493 e. The lowest BCUT2D eigenvalue weighted by Crippen LogP contribution is -2.51. The number of rotatable bonds is 3. The molecule has 1 aromatic rings. The first-order chi connectivity index (χ1) is 12.1. The molecule has 0 aromatic heterocycles. The first-order valence-electron chi connectivity index (χ1n) is 9.63. The number of methoxy groups -OCH3 is 2. The Morgan fingerprint density at radius 1 is 1.00 bits per heavy atom. The van der Waals surface area contributed by atoms with Crippen molar-refractivity contribution in [2.24, 2.45) is 5.41 Å². The third-order valence-electron chi connectivity index (χ3n) is 7.32. The fourth-order valence-electron chi connectivity index (χ4n) is 5.65. The number of nitrogens with zero attached hydrogens (tertiary/aromatic N) is 1. The van der Waals surface area contributed by atoms with Crippen molar-refractivity contribution >= 4 is 0 Å². The minimum absolute atomic E-state index is 0.262. The zero-order valence-corrected chi connectivity index (χ0v) is 15.8. The van der Waals surface area contributed by atoms with Crippen LogP contribution >= 0.6 is 0 Å². The number of benzene rings is 1. The smallest absolute Gasteiger partial charge is 0.161 e. The molecule has 0 N–H and O–H groups in total. The van der Waals surface area contributed by atoms with Crippen molar-refractivity contribution < 1.29 is 14.2 Å². The molecule has 2 heterocycles. The predicted molar refractivity (Wildman–Crippen MR) is 98.6 cm³/mol. The highest BCUT2D eigenvalue weighted by molar-refractivity contribution is 5.46. The summed E-state index contributed by atoms with van der Waals surface area (Å²) in [4.78, 5) is 2.60. The van der Waals surface area contributed by atoms with Crippen molar-refractivity contribution in [2.45, 2.75) is 50.0 Å². The summed E-state index contributed by atoms with van der Waals surface area (Å²) in [5.41, 5.74) is 2.20. The number of hydrogen-bond acceptors (Lipinski definition) is 4. The van der Waals surface area contributed by atoms with Gasteiger partial charge in [-0.25, -0.2) is 0 Å². The number of hydrogen-bond donors (Lipinski definition) is 0. The van der Waals surface area contributed by atoms with E-state index in [2.05, 4.69) is 30.1 Å². The fourth-order valence-corrected chi connectivity index (χ4v) is 5.65. The molecular formula is C21H31NO3. The zero-order valence-electron chi connectivity index (χ0n) is 15.8. The van der Waals surface area contributed by atoms with Crippen molar-refractivity contribution in [1.29, 1.82) is 0 Å². The molecule has 1 spiro atoms. The van der Waals surface area contributed by atoms with Gasteiger partial charge in [-0.15, -0.1) is 0 Å². The molecule has 1 aromatic carbocycles. The van der Waals surface area contributed by atoms with Gasteiger partial charge in [0.05, 0.1) is 14.2 Å². The van der Waals surface area contributed by atoms with E-state index in [1.165, 1.54) is 50.6 Å². The van der Waals surface area contributed by atoms with Gasteiger partial charge in [0, 0.05) is 24.7 Å². The third-order valence-corrected chi connectivity index (χ3v) is 7.32. The summed E-state index contributed by atoms with van der Waals surface area (Å²) in [6, 6.07) is 7.21. The molecule has 3 fully saturated rings. The van der Waals surface area contributed by atoms with Crippen LogP contribution in [0.2, 0.25) is 0 Å². The van der Waals surface area contributed by atoms with E-state index in [0.717, 1.165) is 24.7 Å². The van der Waals surface area contributed by atoms with Crippen LogP contribution in [0.25, 0.3) is 0 Å². The maximum Gasteiger partial charge on any atom is 0.161 e. The van der Waals surface area contributed by atoms with Crippen molar-refractivity contribution in [3.05, 3.63) is 23.8 Å². The Kier molecular flexibility index (Phi) is 4.45. The quantitative estimate of drug-likeness (QED) is 0.837. The van der Waals surface area contributed by atoms with Gasteiger partial charge in [-0.05, 0) is 75.2 Å². The molecule has 1 aliphatic carbocycles. The van der Waals surface area contributed by atoms with Crippen molar-refractivity contribution in [3.63, 3.8) is 0 Å². The van der Waals surface area contributed by atoms with E-state index < -0.39 is 0 Å². The Morgan fingerprint density at radius 3 is 2.48 bits per heavy atom. The monoisotopic (exact) mass is 345 g/mol. The van der Waals surface area contributed by atoms with Gasteiger partial charge in [0.2, 0.25) is 0 Å². The summed E-state index contributed by atoms with van der Waals surface area (Å²) in [7, 11) is 5.75. The minimum Gasteiger partial charge on any atom is -0.493 e. The lowest BCUT2D eigenvalue weighted by Gasteiger charge is -2.51. The lowest BCUT2D eigenvalue weighted by molar-refractivity contribution is -0.0335. The van der Waals surface area contributed by atoms with Crippen LogP contribution in [-0.4, -0.2) is 52.0 Å². The molecule has 4 nitrogen and oxygen atoms in total. The second-order valence-corrected chi connectivity index (χ2v) is 8.29. The Morgan fingerprint density at radius 2 is 1.76 bits per heavy atom. The summed E-state index contributed by atoms with van der Waals surface area (Å²) in [6.45, 7) is 3.07. The average molecular weight is 345 g/mol. The van der Waals surface area contributed by atoms with Crippen molar-refractivity contribution in [3.8, 4) is 11.5 Å². The fraction of sp³-hybridized carbons (Fsp3) is 0.714. The molecule has 0 amide bonds. The molecule has 3 aliphatic rings. The SMILES string of the molecule is COc1ccc(C23CCN(C)C2CC2(CCOCC2)CC3)cc1OC. The summed E-state index contributed by atoms with van der Waals surface area (Å²) in [5, 5.41) is 0. The van der Waals surface area contributed by atoms with Crippen molar-refractivity contribution in [2.75, 3.05) is 41.0 Å². The molecule has 2 unspecified atom stereocenters. The van der Waals surface area contributed by atoms with Gasteiger partial charge < -0.3 is 19.1 Å². The molecule has 2 aliphatic heterocycles. The van der Waals surface area contributed by atoms with Crippen LogP contribution in [0.3, 0.4) is 0 Å². The molecule has 2 saturated heterocycles. The van der Waals surface area contributed by atoms with Gasteiger partial charge >= 0.3 is 0 Å². The Balaban J connectivity index is 1.68. The summed E-state index contributed by atoms with van der Waals surface area (Å²) >= 11 is 0. The summed E-state index contributed by atoms with van der Waals surface area (Å²) < 4.78 is 16.7. The van der Waals surface area contributed by atoms with E-state index in [-0.39, 0.29) is 5.41 Å². The molecule has 25 heavy (non-hydrogen) atoms. The number of ether oxygens (including phenoxy) is 3. The van der Waals surface area contributed by atoms with E-state index in [9.17, 15) is 0 Å². The van der Waals surface area contributed by atoms with Crippen LogP contribution in [0.15, 0.2) is 18.2 Å². The Bertz CT molecular complexity index is 626. The predicted octanol–water partition coefficient (Wildman–Crippen LogP) is 3.63. The van der Waals surface area contributed by atoms with E-state index in [4.69, 9.17) is 14.2 Å². The normalized spacial score (nSPS) is 31.7. The third kappa shape index (κ3) is 2.74. The average Bonchev–Trinajstić information content (AvgIpc) is 2.99. The molecule has 0 radical (unpaired) electrons. The number of likely N-dealkylation sites (tertiary alicyclic amines) is 1. The molecule has 1 saturated carbocycles. The molecule has 0 bridgehead atoms. The van der Waals surface area contributed by atoms with Crippen molar-refractivity contribution in [1.82, 2.24) is 4.90 Å². The second kappa shape index (κ2) is 6.48. The Hall–Kier alpha value is -1.26. The van der Waals surface area contributed by atoms with Crippen LogP contribution in [-0.2, 0) is 10.2 Å². The van der Waals surface area contributed by atoms with Crippen LogP contribution < -0.4 is 9.47 Å². The van der Waals surface area contributed by atoms with E-state index in [1.54, 1.807) is 14.2 Å². The number of fused-ring (bicyclic) bond motifs is 1. The van der Waals surface area contributed by atoms with E-state index in [0.29, 0.717) is 11.5 Å². The highest BCUT2D eigenvalue weighted by Crippen LogP contribution is 2.57. The number of likely N-dealkylation sites (N-methyl/N-ethyl adjacent to an activating group) is 1.